The van der Waals surface area contributed by atoms with E-state index in [0.717, 1.165) is 0 Å². The van der Waals surface area contributed by atoms with Gasteiger partial charge in [-0.3, -0.25) is 5.10 Å². The number of aromatic amines is 1. The molecule has 0 bridgehead atoms. The highest BCUT2D eigenvalue weighted by atomic mass is 19.4. The lowest BCUT2D eigenvalue weighted by Gasteiger charge is -2.20. The molecular formula is C9H11F6N5. The fourth-order valence-electron chi connectivity index (χ4n) is 2.00. The summed E-state index contributed by atoms with van der Waals surface area (Å²) in [5.41, 5.74) is 5.60. The van der Waals surface area contributed by atoms with Gasteiger partial charge in [-0.15, -0.1) is 5.10 Å². The second-order valence-corrected chi connectivity index (χ2v) is 4.53. The molecule has 1 aromatic heterocycles. The van der Waals surface area contributed by atoms with Crippen LogP contribution < -0.4 is 10.6 Å². The maximum atomic E-state index is 12.5. The molecule has 1 unspecified atom stereocenters. The Balaban J connectivity index is 2.26. The highest BCUT2D eigenvalue weighted by molar-refractivity contribution is 5.32. The zero-order chi connectivity index (χ0) is 15.1. The van der Waals surface area contributed by atoms with Crippen LogP contribution in [0.1, 0.15) is 18.2 Å². The van der Waals surface area contributed by atoms with Crippen LogP contribution in [0.2, 0.25) is 0 Å². The van der Waals surface area contributed by atoms with Crippen LogP contribution in [0.25, 0.3) is 0 Å². The van der Waals surface area contributed by atoms with Crippen molar-refractivity contribution < 1.29 is 26.3 Å². The minimum Gasteiger partial charge on any atom is -0.338 e. The molecule has 0 saturated carbocycles. The van der Waals surface area contributed by atoms with E-state index >= 15 is 0 Å². The third-order valence-corrected chi connectivity index (χ3v) is 2.93. The molecule has 0 aliphatic carbocycles. The van der Waals surface area contributed by atoms with Crippen molar-refractivity contribution in [3.8, 4) is 0 Å². The highest BCUT2D eigenvalue weighted by Crippen LogP contribution is 2.45. The van der Waals surface area contributed by atoms with E-state index in [1.807, 2.05) is 0 Å². The summed E-state index contributed by atoms with van der Waals surface area (Å²) in [5, 5.41) is 5.14. The Morgan fingerprint density at radius 1 is 1.20 bits per heavy atom. The van der Waals surface area contributed by atoms with Crippen LogP contribution in [0, 0.1) is 0 Å². The first-order valence-corrected chi connectivity index (χ1v) is 5.65. The number of H-pyrrole nitrogens is 1. The largest absolute Gasteiger partial charge is 0.407 e. The summed E-state index contributed by atoms with van der Waals surface area (Å²) < 4.78 is 75.1. The van der Waals surface area contributed by atoms with Crippen molar-refractivity contribution in [1.29, 1.82) is 0 Å². The maximum absolute atomic E-state index is 12.5. The van der Waals surface area contributed by atoms with Crippen molar-refractivity contribution >= 4 is 5.95 Å². The predicted molar refractivity (Wildman–Crippen MR) is 56.0 cm³/mol. The molecule has 2 heterocycles. The Bertz CT molecular complexity index is 452. The maximum Gasteiger partial charge on any atom is 0.407 e. The van der Waals surface area contributed by atoms with Gasteiger partial charge in [0, 0.05) is 19.1 Å². The predicted octanol–water partition coefficient (Wildman–Crippen LogP) is 1.55. The van der Waals surface area contributed by atoms with E-state index in [-0.39, 0.29) is 12.0 Å². The molecule has 1 aromatic rings. The second-order valence-electron chi connectivity index (χ2n) is 4.53. The molecule has 0 aromatic carbocycles. The minimum absolute atomic E-state index is 0.196. The number of halogens is 6. The molecule has 1 aliphatic rings. The third-order valence-electron chi connectivity index (χ3n) is 2.93. The van der Waals surface area contributed by atoms with Gasteiger partial charge >= 0.3 is 12.4 Å². The molecular weight excluding hydrogens is 292 g/mol. The van der Waals surface area contributed by atoms with Crippen molar-refractivity contribution in [1.82, 2.24) is 15.2 Å². The Labute approximate surface area is 109 Å². The summed E-state index contributed by atoms with van der Waals surface area (Å²) in [4.78, 5) is 4.76. The van der Waals surface area contributed by atoms with Crippen molar-refractivity contribution in [2.24, 2.45) is 5.73 Å². The van der Waals surface area contributed by atoms with E-state index in [1.165, 1.54) is 4.90 Å². The number of alkyl halides is 6. The SMILES string of the molecule is NC1CCN(c2n[nH]c(C(C(F)(F)F)C(F)(F)F)n2)C1. The molecule has 1 saturated heterocycles. The van der Waals surface area contributed by atoms with Crippen LogP contribution in [0.4, 0.5) is 32.3 Å². The Kier molecular flexibility index (Phi) is 3.56. The smallest absolute Gasteiger partial charge is 0.338 e. The fourth-order valence-corrected chi connectivity index (χ4v) is 2.00. The lowest BCUT2D eigenvalue weighted by atomic mass is 10.1. The average molecular weight is 303 g/mol. The Morgan fingerprint density at radius 2 is 1.80 bits per heavy atom. The molecule has 0 amide bonds. The first-order valence-electron chi connectivity index (χ1n) is 5.65. The number of nitrogens with zero attached hydrogens (tertiary/aromatic N) is 3. The third kappa shape index (κ3) is 2.97. The van der Waals surface area contributed by atoms with E-state index in [4.69, 9.17) is 5.73 Å². The van der Waals surface area contributed by atoms with Gasteiger partial charge in [-0.2, -0.15) is 31.3 Å². The fraction of sp³-hybridized carbons (Fsp3) is 0.778. The van der Waals surface area contributed by atoms with E-state index in [1.54, 1.807) is 5.10 Å². The quantitative estimate of drug-likeness (QED) is 0.813. The van der Waals surface area contributed by atoms with Crippen molar-refractivity contribution in [3.63, 3.8) is 0 Å². The van der Waals surface area contributed by atoms with Crippen LogP contribution >= 0.6 is 0 Å². The molecule has 0 spiro atoms. The minimum atomic E-state index is -5.49. The molecule has 3 N–H and O–H groups in total. The first-order chi connectivity index (χ1) is 9.09. The second kappa shape index (κ2) is 4.79. The van der Waals surface area contributed by atoms with Gasteiger partial charge in [-0.1, -0.05) is 0 Å². The van der Waals surface area contributed by atoms with Crippen LogP contribution in [-0.2, 0) is 0 Å². The standard InChI is InChI=1S/C9H11F6N5/c10-8(11,12)5(9(13,14)15)6-17-7(19-18-6)20-2-1-4(16)3-20/h4-5H,1-3,16H2,(H,17,18,19). The van der Waals surface area contributed by atoms with Gasteiger partial charge in [0.25, 0.3) is 0 Å². The van der Waals surface area contributed by atoms with E-state index < -0.39 is 24.1 Å². The van der Waals surface area contributed by atoms with Crippen LogP contribution in [-0.4, -0.2) is 46.7 Å². The van der Waals surface area contributed by atoms with Crippen molar-refractivity contribution in [2.75, 3.05) is 18.0 Å². The summed E-state index contributed by atoms with van der Waals surface area (Å²) >= 11 is 0. The number of aromatic nitrogens is 3. The zero-order valence-corrected chi connectivity index (χ0v) is 9.96. The molecule has 1 fully saturated rings. The topological polar surface area (TPSA) is 70.8 Å². The van der Waals surface area contributed by atoms with Gasteiger partial charge in [0.05, 0.1) is 0 Å². The van der Waals surface area contributed by atoms with Crippen molar-refractivity contribution in [3.05, 3.63) is 5.82 Å². The average Bonchev–Trinajstić information content (AvgIpc) is 2.82. The number of hydrogen-bond donors (Lipinski definition) is 2. The van der Waals surface area contributed by atoms with Crippen LogP contribution in [0.5, 0.6) is 0 Å². The molecule has 11 heteroatoms. The van der Waals surface area contributed by atoms with Gasteiger partial charge < -0.3 is 10.6 Å². The van der Waals surface area contributed by atoms with Crippen molar-refractivity contribution in [2.45, 2.75) is 30.7 Å². The van der Waals surface area contributed by atoms with Crippen LogP contribution in [0.15, 0.2) is 0 Å². The van der Waals surface area contributed by atoms with Gasteiger partial charge in [0.1, 0.15) is 5.82 Å². The lowest BCUT2D eigenvalue weighted by Crippen LogP contribution is -2.35. The number of nitrogens with two attached hydrogens (primary N) is 1. The Morgan fingerprint density at radius 3 is 2.25 bits per heavy atom. The molecule has 5 nitrogen and oxygen atoms in total. The number of anilines is 1. The zero-order valence-electron chi connectivity index (χ0n) is 9.96. The highest BCUT2D eigenvalue weighted by Gasteiger charge is 2.59. The molecule has 1 aliphatic heterocycles. The number of hydrogen-bond acceptors (Lipinski definition) is 4. The van der Waals surface area contributed by atoms with E-state index in [9.17, 15) is 26.3 Å². The van der Waals surface area contributed by atoms with Crippen LogP contribution in [0.3, 0.4) is 0 Å². The summed E-state index contributed by atoms with van der Waals surface area (Å²) in [6, 6.07) is -0.196. The number of rotatable bonds is 2. The lowest BCUT2D eigenvalue weighted by molar-refractivity contribution is -0.255. The molecule has 0 radical (unpaired) electrons. The molecule has 2 rings (SSSR count). The first kappa shape index (κ1) is 14.9. The summed E-state index contributed by atoms with van der Waals surface area (Å²) in [5.74, 6) is -5.14. The molecule has 1 atom stereocenters. The number of nitrogens with one attached hydrogen (secondary N) is 1. The summed E-state index contributed by atoms with van der Waals surface area (Å²) in [6.07, 6.45) is -10.4. The van der Waals surface area contributed by atoms with Gasteiger partial charge in [-0.25, -0.2) is 0 Å². The van der Waals surface area contributed by atoms with Gasteiger partial charge in [-0.05, 0) is 6.42 Å². The summed E-state index contributed by atoms with van der Waals surface area (Å²) in [6.45, 7) is 0.682. The normalized spacial score (nSPS) is 21.0. The van der Waals surface area contributed by atoms with E-state index in [0.29, 0.717) is 19.5 Å². The van der Waals surface area contributed by atoms with Gasteiger partial charge in [0.15, 0.2) is 0 Å². The summed E-state index contributed by atoms with van der Waals surface area (Å²) in [7, 11) is 0. The van der Waals surface area contributed by atoms with Gasteiger partial charge in [0.2, 0.25) is 11.9 Å². The van der Waals surface area contributed by atoms with E-state index in [2.05, 4.69) is 10.1 Å². The Hall–Kier alpha value is -1.52. The molecule has 114 valence electrons. The monoisotopic (exact) mass is 303 g/mol. The molecule has 20 heavy (non-hydrogen) atoms.